The molecule has 0 fully saturated rings. The predicted octanol–water partition coefficient (Wildman–Crippen LogP) is 3.09. The molecule has 0 aliphatic carbocycles. The number of halogens is 3. The molecular weight excluding hydrogens is 283 g/mol. The van der Waals surface area contributed by atoms with Crippen LogP contribution < -0.4 is 5.32 Å². The van der Waals surface area contributed by atoms with Gasteiger partial charge in [0.15, 0.2) is 0 Å². The number of nitrogens with one attached hydrogen (secondary N) is 1. The lowest BCUT2D eigenvalue weighted by Gasteiger charge is -2.27. The normalized spacial score (nSPS) is 13.9. The Bertz CT molecular complexity index is 481. The highest BCUT2D eigenvalue weighted by atomic mass is 19.4. The molecule has 0 unspecified atom stereocenters. The van der Waals surface area contributed by atoms with Crippen LogP contribution in [0.25, 0.3) is 0 Å². The van der Waals surface area contributed by atoms with E-state index in [9.17, 15) is 18.0 Å². The Labute approximate surface area is 122 Å². The second kappa shape index (κ2) is 6.47. The van der Waals surface area contributed by atoms with E-state index in [0.29, 0.717) is 12.0 Å². The van der Waals surface area contributed by atoms with Crippen molar-refractivity contribution in [1.82, 2.24) is 5.32 Å². The zero-order valence-electron chi connectivity index (χ0n) is 12.3. The van der Waals surface area contributed by atoms with E-state index in [1.54, 1.807) is 20.8 Å². The topological polar surface area (TPSA) is 49.3 Å². The van der Waals surface area contributed by atoms with E-state index in [2.05, 4.69) is 5.32 Å². The van der Waals surface area contributed by atoms with Crippen LogP contribution in [0.5, 0.6) is 0 Å². The number of carbonyl (C=O) groups is 1. The van der Waals surface area contributed by atoms with Crippen molar-refractivity contribution in [2.75, 3.05) is 6.61 Å². The first-order valence-electron chi connectivity index (χ1n) is 6.67. The Balaban J connectivity index is 2.79. The molecule has 0 aromatic heterocycles. The quantitative estimate of drug-likeness (QED) is 0.878. The third-order valence-electron chi connectivity index (χ3n) is 3.33. The summed E-state index contributed by atoms with van der Waals surface area (Å²) in [6.45, 7) is 5.13. The fourth-order valence-corrected chi connectivity index (χ4v) is 1.90. The minimum Gasteiger partial charge on any atom is -0.396 e. The first kappa shape index (κ1) is 17.5. The van der Waals surface area contributed by atoms with Gasteiger partial charge in [0.25, 0.3) is 0 Å². The molecule has 2 N–H and O–H groups in total. The third-order valence-corrected chi connectivity index (χ3v) is 3.33. The Morgan fingerprint density at radius 3 is 2.19 bits per heavy atom. The molecule has 0 aliphatic rings. The van der Waals surface area contributed by atoms with Gasteiger partial charge in [-0.2, -0.15) is 13.2 Å². The number of hydrogen-bond donors (Lipinski definition) is 2. The number of amides is 1. The van der Waals surface area contributed by atoms with E-state index in [4.69, 9.17) is 5.11 Å². The summed E-state index contributed by atoms with van der Waals surface area (Å²) < 4.78 is 37.5. The van der Waals surface area contributed by atoms with Crippen LogP contribution in [-0.4, -0.2) is 23.2 Å². The summed E-state index contributed by atoms with van der Waals surface area (Å²) in [7, 11) is 0. The van der Waals surface area contributed by atoms with E-state index < -0.39 is 23.2 Å². The standard InChI is InChI=1S/C15H20F3NO2/c1-10(13(21)19-14(2,3)8-9-20)11-4-6-12(7-5-11)15(16,17)18/h4-7,10,20H,8-9H2,1-3H3,(H,19,21)/t10-/m0/s1. The van der Waals surface area contributed by atoms with Crippen molar-refractivity contribution >= 4 is 5.91 Å². The van der Waals surface area contributed by atoms with Crippen molar-refractivity contribution in [3.05, 3.63) is 35.4 Å². The van der Waals surface area contributed by atoms with E-state index >= 15 is 0 Å². The van der Waals surface area contributed by atoms with E-state index in [-0.39, 0.29) is 12.5 Å². The van der Waals surface area contributed by atoms with Gasteiger partial charge in [-0.25, -0.2) is 0 Å². The maximum atomic E-state index is 12.5. The van der Waals surface area contributed by atoms with Crippen molar-refractivity contribution in [1.29, 1.82) is 0 Å². The molecular formula is C15H20F3NO2. The van der Waals surface area contributed by atoms with Gasteiger partial charge in [-0.05, 0) is 44.9 Å². The van der Waals surface area contributed by atoms with Gasteiger partial charge >= 0.3 is 6.18 Å². The van der Waals surface area contributed by atoms with Gasteiger partial charge in [0.2, 0.25) is 5.91 Å². The van der Waals surface area contributed by atoms with Crippen LogP contribution in [0.2, 0.25) is 0 Å². The number of rotatable bonds is 5. The van der Waals surface area contributed by atoms with Crippen LogP contribution in [0.3, 0.4) is 0 Å². The molecule has 1 rings (SSSR count). The Kier molecular flexibility index (Phi) is 5.39. The van der Waals surface area contributed by atoms with E-state index in [0.717, 1.165) is 12.1 Å². The first-order valence-corrected chi connectivity index (χ1v) is 6.67. The predicted molar refractivity (Wildman–Crippen MR) is 73.8 cm³/mol. The Morgan fingerprint density at radius 2 is 1.76 bits per heavy atom. The molecule has 118 valence electrons. The highest BCUT2D eigenvalue weighted by Crippen LogP contribution is 2.30. The van der Waals surface area contributed by atoms with E-state index in [1.165, 1.54) is 12.1 Å². The van der Waals surface area contributed by atoms with Gasteiger partial charge in [-0.3, -0.25) is 4.79 Å². The molecule has 1 aromatic rings. The summed E-state index contributed by atoms with van der Waals surface area (Å²) in [6.07, 6.45) is -3.98. The average molecular weight is 303 g/mol. The van der Waals surface area contributed by atoms with Crippen LogP contribution in [0, 0.1) is 0 Å². The SMILES string of the molecule is C[C@H](C(=O)NC(C)(C)CCO)c1ccc(C(F)(F)F)cc1. The molecule has 0 saturated carbocycles. The van der Waals surface area contributed by atoms with Crippen molar-refractivity contribution in [2.45, 2.75) is 44.8 Å². The van der Waals surface area contributed by atoms with Gasteiger partial charge in [0.1, 0.15) is 0 Å². The third kappa shape index (κ3) is 5.04. The van der Waals surface area contributed by atoms with Gasteiger partial charge in [-0.15, -0.1) is 0 Å². The maximum absolute atomic E-state index is 12.5. The molecule has 6 heteroatoms. The molecule has 0 spiro atoms. The number of benzene rings is 1. The fourth-order valence-electron chi connectivity index (χ4n) is 1.90. The van der Waals surface area contributed by atoms with Crippen molar-refractivity contribution in [2.24, 2.45) is 0 Å². The Hall–Kier alpha value is -1.56. The summed E-state index contributed by atoms with van der Waals surface area (Å²) in [5.41, 5.74) is -0.786. The molecule has 0 saturated heterocycles. The molecule has 0 aliphatic heterocycles. The number of aliphatic hydroxyl groups is 1. The number of hydrogen-bond acceptors (Lipinski definition) is 2. The molecule has 1 atom stereocenters. The lowest BCUT2D eigenvalue weighted by Crippen LogP contribution is -2.45. The van der Waals surface area contributed by atoms with Gasteiger partial charge in [-0.1, -0.05) is 12.1 Å². The van der Waals surface area contributed by atoms with Crippen LogP contribution in [0.4, 0.5) is 13.2 Å². The highest BCUT2D eigenvalue weighted by molar-refractivity contribution is 5.83. The second-order valence-corrected chi connectivity index (χ2v) is 5.69. The van der Waals surface area contributed by atoms with Gasteiger partial charge < -0.3 is 10.4 Å². The molecule has 0 bridgehead atoms. The van der Waals surface area contributed by atoms with Gasteiger partial charge in [0.05, 0.1) is 11.5 Å². The van der Waals surface area contributed by atoms with Gasteiger partial charge in [0, 0.05) is 12.1 Å². The minimum atomic E-state index is -4.38. The molecule has 0 radical (unpaired) electrons. The summed E-state index contributed by atoms with van der Waals surface area (Å²) in [5.74, 6) is -0.849. The van der Waals surface area contributed by atoms with E-state index in [1.807, 2.05) is 0 Å². The van der Waals surface area contributed by atoms with Crippen LogP contribution in [0.1, 0.15) is 44.2 Å². The van der Waals surface area contributed by atoms with Crippen LogP contribution in [0.15, 0.2) is 24.3 Å². The molecule has 1 amide bonds. The van der Waals surface area contributed by atoms with Crippen molar-refractivity contribution in [3.63, 3.8) is 0 Å². The molecule has 3 nitrogen and oxygen atoms in total. The second-order valence-electron chi connectivity index (χ2n) is 5.69. The number of alkyl halides is 3. The summed E-state index contributed by atoms with van der Waals surface area (Å²) >= 11 is 0. The number of aliphatic hydroxyl groups excluding tert-OH is 1. The minimum absolute atomic E-state index is 0.0536. The van der Waals surface area contributed by atoms with Crippen LogP contribution in [-0.2, 0) is 11.0 Å². The summed E-state index contributed by atoms with van der Waals surface area (Å²) in [4.78, 5) is 12.1. The maximum Gasteiger partial charge on any atom is 0.416 e. The monoisotopic (exact) mass is 303 g/mol. The molecule has 0 heterocycles. The largest absolute Gasteiger partial charge is 0.416 e. The van der Waals surface area contributed by atoms with Crippen LogP contribution >= 0.6 is 0 Å². The summed E-state index contributed by atoms with van der Waals surface area (Å²) in [6, 6.07) is 4.56. The molecule has 1 aromatic carbocycles. The average Bonchev–Trinajstić information content (AvgIpc) is 2.36. The first-order chi connectivity index (χ1) is 9.57. The van der Waals surface area contributed by atoms with Crippen molar-refractivity contribution < 1.29 is 23.1 Å². The highest BCUT2D eigenvalue weighted by Gasteiger charge is 2.30. The lowest BCUT2D eigenvalue weighted by atomic mass is 9.95. The molecule has 21 heavy (non-hydrogen) atoms. The zero-order valence-corrected chi connectivity index (χ0v) is 12.3. The summed E-state index contributed by atoms with van der Waals surface area (Å²) in [5, 5.41) is 11.7. The Morgan fingerprint density at radius 1 is 1.24 bits per heavy atom. The van der Waals surface area contributed by atoms with Crippen molar-refractivity contribution in [3.8, 4) is 0 Å². The smallest absolute Gasteiger partial charge is 0.396 e. The zero-order chi connectivity index (χ0) is 16.3. The lowest BCUT2D eigenvalue weighted by molar-refractivity contribution is -0.137. The fraction of sp³-hybridized carbons (Fsp3) is 0.533. The number of carbonyl (C=O) groups excluding carboxylic acids is 1.